The molecule has 0 aliphatic carbocycles. The van der Waals surface area contributed by atoms with Gasteiger partial charge in [0.2, 0.25) is 0 Å². The number of hydrogen-bond acceptors (Lipinski definition) is 5. The van der Waals surface area contributed by atoms with Gasteiger partial charge in [0.1, 0.15) is 5.75 Å². The second kappa shape index (κ2) is 9.28. The molecule has 0 saturated carbocycles. The Balaban J connectivity index is 2.01. The molecule has 27 heavy (non-hydrogen) atoms. The first-order valence-electron chi connectivity index (χ1n) is 8.26. The first kappa shape index (κ1) is 19.8. The Hall–Kier alpha value is -3.48. The monoisotopic (exact) mass is 368 g/mol. The topological polar surface area (TPSA) is 89.8 Å². The summed E-state index contributed by atoms with van der Waals surface area (Å²) in [7, 11) is 0. The minimum Gasteiger partial charge on any atom is -0.484 e. The molecule has 0 radical (unpaired) electrons. The average Bonchev–Trinajstić information content (AvgIpc) is 2.66. The summed E-state index contributed by atoms with van der Waals surface area (Å²) in [6, 6.07) is 12.7. The van der Waals surface area contributed by atoms with E-state index in [0.29, 0.717) is 16.9 Å². The van der Waals surface area contributed by atoms with Gasteiger partial charge in [-0.25, -0.2) is 0 Å². The number of nitrogens with zero attached hydrogens (tertiary/aromatic N) is 2. The number of rotatable bonds is 9. The minimum absolute atomic E-state index is 0.0275. The van der Waals surface area contributed by atoms with Crippen LogP contribution >= 0.6 is 0 Å². The number of nitro benzene ring substituents is 1. The number of carbonyl (C=O) groups excluding carboxylic acids is 2. The maximum Gasteiger partial charge on any atom is 0.269 e. The molecule has 0 spiro atoms. The molecule has 2 aromatic carbocycles. The Morgan fingerprint density at radius 2 is 1.93 bits per heavy atom. The molecule has 2 rings (SSSR count). The molecule has 140 valence electrons. The molecule has 1 amide bonds. The molecular weight excluding hydrogens is 348 g/mol. The third kappa shape index (κ3) is 5.78. The van der Waals surface area contributed by atoms with Crippen molar-refractivity contribution in [2.45, 2.75) is 13.5 Å². The summed E-state index contributed by atoms with van der Waals surface area (Å²) in [6.45, 7) is 5.41. The second-order valence-corrected chi connectivity index (χ2v) is 5.86. The first-order chi connectivity index (χ1) is 12.9. The molecule has 7 nitrogen and oxygen atoms in total. The number of amides is 1. The van der Waals surface area contributed by atoms with Crippen LogP contribution in [0.5, 0.6) is 5.75 Å². The lowest BCUT2D eigenvalue weighted by atomic mass is 10.1. The van der Waals surface area contributed by atoms with Crippen molar-refractivity contribution >= 4 is 17.4 Å². The highest BCUT2D eigenvalue weighted by Gasteiger charge is 2.15. The normalized spacial score (nSPS) is 10.1. The Morgan fingerprint density at radius 3 is 2.52 bits per heavy atom. The van der Waals surface area contributed by atoms with E-state index < -0.39 is 4.92 Å². The summed E-state index contributed by atoms with van der Waals surface area (Å²) in [5.74, 6) is 0.144. The highest BCUT2D eigenvalue weighted by atomic mass is 16.6. The van der Waals surface area contributed by atoms with E-state index in [4.69, 9.17) is 4.74 Å². The van der Waals surface area contributed by atoms with Gasteiger partial charge in [-0.2, -0.15) is 0 Å². The van der Waals surface area contributed by atoms with Crippen LogP contribution in [0.3, 0.4) is 0 Å². The molecular formula is C20H20N2O5. The zero-order chi connectivity index (χ0) is 19.8. The first-order valence-corrected chi connectivity index (χ1v) is 8.26. The van der Waals surface area contributed by atoms with Gasteiger partial charge in [-0.15, -0.1) is 6.58 Å². The highest BCUT2D eigenvalue weighted by Crippen LogP contribution is 2.16. The van der Waals surface area contributed by atoms with Crippen LogP contribution in [0.25, 0.3) is 0 Å². The third-order valence-electron chi connectivity index (χ3n) is 3.82. The molecule has 0 fully saturated rings. The van der Waals surface area contributed by atoms with E-state index in [9.17, 15) is 19.7 Å². The fraction of sp³-hybridized carbons (Fsp3) is 0.200. The van der Waals surface area contributed by atoms with Crippen molar-refractivity contribution in [2.24, 2.45) is 0 Å². The lowest BCUT2D eigenvalue weighted by molar-refractivity contribution is -0.384. The molecule has 0 aliphatic rings. The van der Waals surface area contributed by atoms with E-state index in [1.54, 1.807) is 42.5 Å². The lowest BCUT2D eigenvalue weighted by Crippen LogP contribution is -2.34. The maximum absolute atomic E-state index is 12.5. The summed E-state index contributed by atoms with van der Waals surface area (Å²) < 4.78 is 5.48. The zero-order valence-corrected chi connectivity index (χ0v) is 15.0. The van der Waals surface area contributed by atoms with Gasteiger partial charge in [0, 0.05) is 30.8 Å². The van der Waals surface area contributed by atoms with Crippen LogP contribution in [0.4, 0.5) is 5.69 Å². The van der Waals surface area contributed by atoms with Crippen molar-refractivity contribution in [2.75, 3.05) is 13.2 Å². The fourth-order valence-corrected chi connectivity index (χ4v) is 2.42. The second-order valence-electron chi connectivity index (χ2n) is 5.86. The molecule has 0 N–H and O–H groups in total. The van der Waals surface area contributed by atoms with E-state index >= 15 is 0 Å². The van der Waals surface area contributed by atoms with Gasteiger partial charge in [0.05, 0.1) is 4.92 Å². The van der Waals surface area contributed by atoms with Crippen molar-refractivity contribution < 1.29 is 19.2 Å². The van der Waals surface area contributed by atoms with E-state index in [1.807, 2.05) is 0 Å². The SMILES string of the molecule is C=CCN(Cc1cccc([N+](=O)[O-])c1)C(=O)COc1ccc(C(C)=O)cc1. The lowest BCUT2D eigenvalue weighted by Gasteiger charge is -2.21. The number of ether oxygens (including phenoxy) is 1. The molecule has 0 saturated heterocycles. The summed E-state index contributed by atoms with van der Waals surface area (Å²) in [4.78, 5) is 35.7. The van der Waals surface area contributed by atoms with E-state index in [0.717, 1.165) is 0 Å². The summed E-state index contributed by atoms with van der Waals surface area (Å²) in [5, 5.41) is 10.9. The Kier molecular flexibility index (Phi) is 6.82. The van der Waals surface area contributed by atoms with Gasteiger partial charge in [0.15, 0.2) is 12.4 Å². The Bertz CT molecular complexity index is 846. The van der Waals surface area contributed by atoms with Crippen molar-refractivity contribution in [3.63, 3.8) is 0 Å². The molecule has 7 heteroatoms. The van der Waals surface area contributed by atoms with Crippen LogP contribution in [0.2, 0.25) is 0 Å². The summed E-state index contributed by atoms with van der Waals surface area (Å²) in [6.07, 6.45) is 1.58. The van der Waals surface area contributed by atoms with Crippen LogP contribution in [0.1, 0.15) is 22.8 Å². The number of ketones is 1. The van der Waals surface area contributed by atoms with Crippen molar-refractivity contribution in [3.05, 3.63) is 82.4 Å². The Labute approximate surface area is 157 Å². The van der Waals surface area contributed by atoms with Crippen molar-refractivity contribution in [1.82, 2.24) is 4.90 Å². The molecule has 2 aromatic rings. The standard InChI is InChI=1S/C20H20N2O5/c1-3-11-21(13-16-5-4-6-18(12-16)22(25)26)20(24)14-27-19-9-7-17(8-10-19)15(2)23/h3-10,12H,1,11,13-14H2,2H3. The quantitative estimate of drug-likeness (QED) is 0.293. The highest BCUT2D eigenvalue weighted by molar-refractivity contribution is 5.94. The van der Waals surface area contributed by atoms with Crippen LogP contribution in [-0.4, -0.2) is 34.7 Å². The fourth-order valence-electron chi connectivity index (χ4n) is 2.42. The predicted molar refractivity (Wildman–Crippen MR) is 101 cm³/mol. The minimum atomic E-state index is -0.475. The van der Waals surface area contributed by atoms with E-state index in [2.05, 4.69) is 6.58 Å². The molecule has 0 heterocycles. The van der Waals surface area contributed by atoms with Crippen LogP contribution < -0.4 is 4.74 Å². The third-order valence-corrected chi connectivity index (χ3v) is 3.82. The number of benzene rings is 2. The molecule has 0 aliphatic heterocycles. The summed E-state index contributed by atoms with van der Waals surface area (Å²) in [5.41, 5.74) is 1.18. The number of Topliss-reactive ketones (excluding diaryl/α,β-unsaturated/α-hetero) is 1. The predicted octanol–water partition coefficient (Wildman–Crippen LogP) is 3.39. The van der Waals surface area contributed by atoms with Crippen LogP contribution in [0, 0.1) is 10.1 Å². The van der Waals surface area contributed by atoms with E-state index in [-0.39, 0.29) is 37.1 Å². The maximum atomic E-state index is 12.5. The van der Waals surface area contributed by atoms with Crippen molar-refractivity contribution in [3.8, 4) is 5.75 Å². The van der Waals surface area contributed by atoms with E-state index in [1.165, 1.54) is 24.0 Å². The van der Waals surface area contributed by atoms with Gasteiger partial charge in [-0.05, 0) is 36.8 Å². The van der Waals surface area contributed by atoms with Gasteiger partial charge >= 0.3 is 0 Å². The molecule has 0 aromatic heterocycles. The molecule has 0 unspecified atom stereocenters. The van der Waals surface area contributed by atoms with Gasteiger partial charge in [0.25, 0.3) is 11.6 Å². The largest absolute Gasteiger partial charge is 0.484 e. The summed E-state index contributed by atoms with van der Waals surface area (Å²) >= 11 is 0. The number of nitro groups is 1. The van der Waals surface area contributed by atoms with Gasteiger partial charge in [-0.3, -0.25) is 19.7 Å². The molecule has 0 atom stereocenters. The van der Waals surface area contributed by atoms with Crippen LogP contribution in [0.15, 0.2) is 61.2 Å². The molecule has 0 bridgehead atoms. The van der Waals surface area contributed by atoms with Gasteiger partial charge < -0.3 is 9.64 Å². The Morgan fingerprint density at radius 1 is 1.22 bits per heavy atom. The van der Waals surface area contributed by atoms with Crippen LogP contribution in [-0.2, 0) is 11.3 Å². The smallest absolute Gasteiger partial charge is 0.269 e. The number of carbonyl (C=O) groups is 2. The number of hydrogen-bond donors (Lipinski definition) is 0. The average molecular weight is 368 g/mol. The van der Waals surface area contributed by atoms with Crippen molar-refractivity contribution in [1.29, 1.82) is 0 Å². The van der Waals surface area contributed by atoms with Gasteiger partial charge in [-0.1, -0.05) is 18.2 Å². The zero-order valence-electron chi connectivity index (χ0n) is 15.0. The number of non-ortho nitro benzene ring substituents is 1.